The fourth-order valence-corrected chi connectivity index (χ4v) is 1.79. The average molecular weight is 288 g/mol. The van der Waals surface area contributed by atoms with E-state index in [0.717, 1.165) is 0 Å². The Morgan fingerprint density at radius 2 is 1.90 bits per heavy atom. The molecule has 6 nitrogen and oxygen atoms in total. The first-order chi connectivity index (χ1) is 9.99. The van der Waals surface area contributed by atoms with E-state index in [4.69, 9.17) is 5.26 Å². The Morgan fingerprint density at radius 3 is 2.43 bits per heavy atom. The maximum Gasteiger partial charge on any atom is 0.323 e. The van der Waals surface area contributed by atoms with Gasteiger partial charge in [0.25, 0.3) is 5.91 Å². The minimum absolute atomic E-state index is 0.119. The Bertz CT molecular complexity index is 563. The lowest BCUT2D eigenvalue weighted by molar-refractivity contribution is -0.145. The first kappa shape index (κ1) is 16.4. The number of amides is 2. The van der Waals surface area contributed by atoms with E-state index in [0.29, 0.717) is 5.56 Å². The monoisotopic (exact) mass is 288 g/mol. The van der Waals surface area contributed by atoms with Crippen LogP contribution in [0.4, 0.5) is 0 Å². The van der Waals surface area contributed by atoms with Crippen molar-refractivity contribution >= 4 is 17.8 Å². The Kier molecular flexibility index (Phi) is 6.08. The number of hydrogen-bond donors (Lipinski definition) is 1. The molecule has 0 aliphatic heterocycles. The van der Waals surface area contributed by atoms with Crippen molar-refractivity contribution in [2.45, 2.75) is 13.3 Å². The van der Waals surface area contributed by atoms with Gasteiger partial charge in [-0.3, -0.25) is 19.7 Å². The molecule has 21 heavy (non-hydrogen) atoms. The fraction of sp³-hybridized carbons (Fsp3) is 0.333. The van der Waals surface area contributed by atoms with Gasteiger partial charge in [-0.1, -0.05) is 25.1 Å². The molecule has 1 unspecified atom stereocenters. The summed E-state index contributed by atoms with van der Waals surface area (Å²) in [6, 6.07) is 10.1. The average Bonchev–Trinajstić information content (AvgIpc) is 2.48. The minimum Gasteiger partial charge on any atom is -0.468 e. The molecule has 2 atom stereocenters. The number of ether oxygens (including phenoxy) is 1. The second-order valence-corrected chi connectivity index (χ2v) is 4.55. The lowest BCUT2D eigenvalue weighted by Crippen LogP contribution is -2.33. The third-order valence-electron chi connectivity index (χ3n) is 2.96. The van der Waals surface area contributed by atoms with Gasteiger partial charge in [0.2, 0.25) is 5.91 Å². The molecule has 2 amide bonds. The number of hydrogen-bond acceptors (Lipinski definition) is 5. The highest BCUT2D eigenvalue weighted by Gasteiger charge is 2.28. The number of esters is 1. The summed E-state index contributed by atoms with van der Waals surface area (Å²) in [6.07, 6.45) is -0.119. The van der Waals surface area contributed by atoms with Crippen molar-refractivity contribution in [1.29, 1.82) is 5.26 Å². The van der Waals surface area contributed by atoms with Crippen LogP contribution < -0.4 is 5.32 Å². The summed E-state index contributed by atoms with van der Waals surface area (Å²) in [5.74, 6) is -3.33. The van der Waals surface area contributed by atoms with Crippen molar-refractivity contribution in [3.05, 3.63) is 35.9 Å². The van der Waals surface area contributed by atoms with Crippen LogP contribution in [-0.2, 0) is 14.3 Å². The highest BCUT2D eigenvalue weighted by molar-refractivity contribution is 6.04. The molecule has 0 saturated heterocycles. The highest BCUT2D eigenvalue weighted by atomic mass is 16.5. The molecular formula is C15H16N2O4. The van der Waals surface area contributed by atoms with Crippen LogP contribution >= 0.6 is 0 Å². The Hall–Kier alpha value is -2.68. The molecule has 6 heteroatoms. The third kappa shape index (κ3) is 4.73. The summed E-state index contributed by atoms with van der Waals surface area (Å²) in [5, 5.41) is 11.1. The second-order valence-electron chi connectivity index (χ2n) is 4.55. The number of benzene rings is 1. The van der Waals surface area contributed by atoms with E-state index >= 15 is 0 Å². The van der Waals surface area contributed by atoms with E-state index in [9.17, 15) is 14.4 Å². The number of nitriles is 1. The molecule has 1 aromatic carbocycles. The molecule has 1 aromatic rings. The van der Waals surface area contributed by atoms with Crippen LogP contribution in [0.3, 0.4) is 0 Å². The quantitative estimate of drug-likeness (QED) is 0.823. The van der Waals surface area contributed by atoms with Crippen molar-refractivity contribution in [3.63, 3.8) is 0 Å². The molecule has 0 aliphatic carbocycles. The Morgan fingerprint density at radius 1 is 1.29 bits per heavy atom. The SMILES string of the molecule is COC(=O)C(C#N)[C@H](C)CC(=O)NC(=O)c1ccccc1. The van der Waals surface area contributed by atoms with E-state index in [1.807, 2.05) is 0 Å². The molecule has 0 aliphatic rings. The molecule has 0 fully saturated rings. The standard InChI is InChI=1S/C15H16N2O4/c1-10(12(9-16)15(20)21-2)8-13(18)17-14(19)11-6-4-3-5-7-11/h3-7,10,12H,8H2,1-2H3,(H,17,18,19)/t10-,12?/m1/s1. The summed E-state index contributed by atoms with van der Waals surface area (Å²) in [7, 11) is 1.18. The van der Waals surface area contributed by atoms with Gasteiger partial charge in [-0.2, -0.15) is 5.26 Å². The van der Waals surface area contributed by atoms with Gasteiger partial charge in [-0.15, -0.1) is 0 Å². The van der Waals surface area contributed by atoms with Crippen LogP contribution in [0.15, 0.2) is 30.3 Å². The Labute approximate surface area is 122 Å². The van der Waals surface area contributed by atoms with Crippen molar-refractivity contribution in [2.75, 3.05) is 7.11 Å². The molecule has 0 spiro atoms. The molecule has 0 radical (unpaired) electrons. The lowest BCUT2D eigenvalue weighted by atomic mass is 9.92. The van der Waals surface area contributed by atoms with Crippen LogP contribution in [0.5, 0.6) is 0 Å². The van der Waals surface area contributed by atoms with E-state index in [-0.39, 0.29) is 6.42 Å². The second kappa shape index (κ2) is 7.80. The third-order valence-corrected chi connectivity index (χ3v) is 2.96. The zero-order valence-corrected chi connectivity index (χ0v) is 11.8. The van der Waals surface area contributed by atoms with Crippen LogP contribution in [0.2, 0.25) is 0 Å². The van der Waals surface area contributed by atoms with Crippen molar-refractivity contribution in [3.8, 4) is 6.07 Å². The fourth-order valence-electron chi connectivity index (χ4n) is 1.79. The van der Waals surface area contributed by atoms with E-state index in [1.54, 1.807) is 43.3 Å². The largest absolute Gasteiger partial charge is 0.468 e. The predicted octanol–water partition coefficient (Wildman–Crippen LogP) is 1.28. The summed E-state index contributed by atoms with van der Waals surface area (Å²) >= 11 is 0. The van der Waals surface area contributed by atoms with Crippen molar-refractivity contribution in [2.24, 2.45) is 11.8 Å². The van der Waals surface area contributed by atoms with Crippen LogP contribution in [-0.4, -0.2) is 24.9 Å². The highest BCUT2D eigenvalue weighted by Crippen LogP contribution is 2.16. The number of carbonyl (C=O) groups is 3. The van der Waals surface area contributed by atoms with Gasteiger partial charge < -0.3 is 4.74 Å². The zero-order valence-electron chi connectivity index (χ0n) is 11.8. The van der Waals surface area contributed by atoms with Crippen LogP contribution in [0.1, 0.15) is 23.7 Å². The number of carbonyl (C=O) groups excluding carboxylic acids is 3. The predicted molar refractivity (Wildman–Crippen MR) is 73.8 cm³/mol. The normalized spacial score (nSPS) is 12.6. The molecule has 1 rings (SSSR count). The van der Waals surface area contributed by atoms with E-state index in [2.05, 4.69) is 10.1 Å². The van der Waals surface area contributed by atoms with Gasteiger partial charge in [0.05, 0.1) is 13.2 Å². The molecular weight excluding hydrogens is 272 g/mol. The van der Waals surface area contributed by atoms with E-state index < -0.39 is 29.6 Å². The van der Waals surface area contributed by atoms with Gasteiger partial charge in [0, 0.05) is 12.0 Å². The maximum atomic E-state index is 11.8. The van der Waals surface area contributed by atoms with Crippen LogP contribution in [0, 0.1) is 23.2 Å². The molecule has 110 valence electrons. The van der Waals surface area contributed by atoms with Crippen molar-refractivity contribution < 1.29 is 19.1 Å². The molecule has 0 bridgehead atoms. The summed E-state index contributed by atoms with van der Waals surface area (Å²) in [4.78, 5) is 34.9. The van der Waals surface area contributed by atoms with Gasteiger partial charge in [0.15, 0.2) is 0 Å². The summed E-state index contributed by atoms with van der Waals surface area (Å²) in [5.41, 5.74) is 0.364. The number of rotatable bonds is 5. The number of nitrogens with one attached hydrogen (secondary N) is 1. The van der Waals surface area contributed by atoms with Gasteiger partial charge >= 0.3 is 5.97 Å². The smallest absolute Gasteiger partial charge is 0.323 e. The Balaban J connectivity index is 2.59. The van der Waals surface area contributed by atoms with E-state index in [1.165, 1.54) is 7.11 Å². The van der Waals surface area contributed by atoms with Gasteiger partial charge in [0.1, 0.15) is 5.92 Å². The summed E-state index contributed by atoms with van der Waals surface area (Å²) in [6.45, 7) is 1.58. The topological polar surface area (TPSA) is 96.3 Å². The van der Waals surface area contributed by atoms with Gasteiger partial charge in [-0.25, -0.2) is 0 Å². The first-order valence-electron chi connectivity index (χ1n) is 6.36. The van der Waals surface area contributed by atoms with Crippen molar-refractivity contribution in [1.82, 2.24) is 5.32 Å². The van der Waals surface area contributed by atoms with Crippen LogP contribution in [0.25, 0.3) is 0 Å². The zero-order chi connectivity index (χ0) is 15.8. The molecule has 0 heterocycles. The molecule has 0 saturated carbocycles. The summed E-state index contributed by atoms with van der Waals surface area (Å²) < 4.78 is 4.50. The number of nitrogens with zero attached hydrogens (tertiary/aromatic N) is 1. The maximum absolute atomic E-state index is 11.8. The molecule has 1 N–H and O–H groups in total. The van der Waals surface area contributed by atoms with Gasteiger partial charge in [-0.05, 0) is 18.1 Å². The first-order valence-corrected chi connectivity index (χ1v) is 6.36. The molecule has 0 aromatic heterocycles. The minimum atomic E-state index is -1.03. The number of methoxy groups -OCH3 is 1. The number of imide groups is 1. The lowest BCUT2D eigenvalue weighted by Gasteiger charge is -2.14.